The molecule has 0 radical (unpaired) electrons. The molecule has 1 aromatic heterocycles. The van der Waals surface area contributed by atoms with Crippen molar-refractivity contribution in [3.8, 4) is 0 Å². The zero-order chi connectivity index (χ0) is 19.6. The molecule has 3 N–H and O–H groups in total. The molecule has 0 aliphatic rings. The van der Waals surface area contributed by atoms with E-state index in [1.54, 1.807) is 11.3 Å². The Morgan fingerprint density at radius 2 is 2.07 bits per heavy atom. The van der Waals surface area contributed by atoms with Crippen LogP contribution < -0.4 is 16.0 Å². The lowest BCUT2D eigenvalue weighted by atomic mass is 10.1. The van der Waals surface area contributed by atoms with Crippen LogP contribution in [-0.4, -0.2) is 29.4 Å². The lowest BCUT2D eigenvalue weighted by Gasteiger charge is -2.12. The Bertz CT molecular complexity index is 777. The number of guanidine groups is 1. The molecule has 0 bridgehead atoms. The van der Waals surface area contributed by atoms with Gasteiger partial charge in [-0.15, -0.1) is 35.3 Å². The molecule has 8 heteroatoms. The number of halogens is 1. The van der Waals surface area contributed by atoms with Crippen LogP contribution in [0.4, 0.5) is 0 Å². The number of aryl methyl sites for hydroxylation is 1. The van der Waals surface area contributed by atoms with Crippen LogP contribution in [0.1, 0.15) is 53.0 Å². The van der Waals surface area contributed by atoms with Gasteiger partial charge in [-0.05, 0) is 44.9 Å². The number of benzene rings is 1. The summed E-state index contributed by atoms with van der Waals surface area (Å²) in [4.78, 5) is 22.5. The molecule has 0 spiro atoms. The molecule has 2 rings (SSSR count). The van der Waals surface area contributed by atoms with Gasteiger partial charge in [0.25, 0.3) is 5.91 Å². The van der Waals surface area contributed by atoms with Crippen molar-refractivity contribution in [3.63, 3.8) is 0 Å². The third-order valence-electron chi connectivity index (χ3n) is 4.02. The largest absolute Gasteiger partial charge is 0.357 e. The number of nitrogens with one attached hydrogen (secondary N) is 3. The number of aliphatic imine (C=N–C) groups is 1. The maximum Gasteiger partial charge on any atom is 0.251 e. The molecule has 6 nitrogen and oxygen atoms in total. The summed E-state index contributed by atoms with van der Waals surface area (Å²) >= 11 is 1.67. The van der Waals surface area contributed by atoms with Crippen molar-refractivity contribution in [2.24, 2.45) is 4.99 Å². The Kier molecular flexibility index (Phi) is 11.1. The van der Waals surface area contributed by atoms with Crippen molar-refractivity contribution >= 4 is 47.2 Å². The second kappa shape index (κ2) is 12.7. The molecular weight excluding hydrogens is 485 g/mol. The molecule has 0 aliphatic heterocycles. The average Bonchev–Trinajstić information content (AvgIpc) is 3.09. The zero-order valence-corrected chi connectivity index (χ0v) is 20.1. The number of carbonyl (C=O) groups excluding carboxylic acids is 1. The first kappa shape index (κ1) is 24.4. The number of amides is 1. The van der Waals surface area contributed by atoms with Crippen molar-refractivity contribution < 1.29 is 4.79 Å². The first-order valence-corrected chi connectivity index (χ1v) is 10.2. The van der Waals surface area contributed by atoms with Crippen LogP contribution in [0, 0.1) is 6.92 Å². The second-order valence-electron chi connectivity index (χ2n) is 6.40. The Balaban J connectivity index is 0.00000392. The van der Waals surface area contributed by atoms with Gasteiger partial charge in [0.2, 0.25) is 0 Å². The highest BCUT2D eigenvalue weighted by Crippen LogP contribution is 2.10. The van der Waals surface area contributed by atoms with Gasteiger partial charge < -0.3 is 16.0 Å². The fourth-order valence-electron chi connectivity index (χ4n) is 2.37. The summed E-state index contributed by atoms with van der Waals surface area (Å²) in [5, 5.41) is 10.6. The van der Waals surface area contributed by atoms with Crippen molar-refractivity contribution in [2.75, 3.05) is 6.54 Å². The van der Waals surface area contributed by atoms with E-state index in [4.69, 9.17) is 0 Å². The van der Waals surface area contributed by atoms with Crippen LogP contribution in [0.5, 0.6) is 0 Å². The topological polar surface area (TPSA) is 78.4 Å². The Labute approximate surface area is 188 Å². The van der Waals surface area contributed by atoms with Crippen molar-refractivity contribution in [3.05, 3.63) is 51.5 Å². The first-order chi connectivity index (χ1) is 13.0. The summed E-state index contributed by atoms with van der Waals surface area (Å²) in [6.45, 7) is 10.1. The van der Waals surface area contributed by atoms with Gasteiger partial charge in [-0.25, -0.2) is 9.98 Å². The maximum atomic E-state index is 12.3. The van der Waals surface area contributed by atoms with Crippen molar-refractivity contribution in [1.29, 1.82) is 0 Å². The minimum absolute atomic E-state index is 0. The number of hydrogen-bond acceptors (Lipinski definition) is 4. The number of hydrogen-bond donors (Lipinski definition) is 3. The highest BCUT2D eigenvalue weighted by Gasteiger charge is 2.09. The molecule has 154 valence electrons. The Hall–Kier alpha value is -1.68. The van der Waals surface area contributed by atoms with E-state index in [1.165, 1.54) is 4.88 Å². The van der Waals surface area contributed by atoms with Crippen LogP contribution in [0.25, 0.3) is 0 Å². The van der Waals surface area contributed by atoms with E-state index in [1.807, 2.05) is 51.2 Å². The molecule has 1 atom stereocenters. The van der Waals surface area contributed by atoms with E-state index in [0.29, 0.717) is 18.7 Å². The van der Waals surface area contributed by atoms with Crippen molar-refractivity contribution in [2.45, 2.75) is 53.2 Å². The average molecular weight is 515 g/mol. The van der Waals surface area contributed by atoms with E-state index in [0.717, 1.165) is 29.5 Å². The number of thiazole rings is 1. The van der Waals surface area contributed by atoms with Gasteiger partial charge in [0.15, 0.2) is 5.96 Å². The quantitative estimate of drug-likeness (QED) is 0.284. The molecule has 0 aliphatic carbocycles. The molecular formula is C20H30IN5OS. The zero-order valence-electron chi connectivity index (χ0n) is 16.9. The van der Waals surface area contributed by atoms with Gasteiger partial charge >= 0.3 is 0 Å². The highest BCUT2D eigenvalue weighted by molar-refractivity contribution is 14.0. The fourth-order valence-corrected chi connectivity index (χ4v) is 3.10. The summed E-state index contributed by atoms with van der Waals surface area (Å²) in [6.07, 6.45) is 2.79. The van der Waals surface area contributed by atoms with Gasteiger partial charge in [0.05, 0.1) is 13.1 Å². The second-order valence-corrected chi connectivity index (χ2v) is 7.72. The molecule has 0 saturated heterocycles. The van der Waals surface area contributed by atoms with Crippen LogP contribution >= 0.6 is 35.3 Å². The van der Waals surface area contributed by atoms with Gasteiger partial charge in [-0.3, -0.25) is 4.79 Å². The summed E-state index contributed by atoms with van der Waals surface area (Å²) < 4.78 is 0. The standard InChI is InChI=1S/C20H29N5OS.HI/c1-5-14(3)25-19(26)17-9-7-8-16(10-17)12-23-20(21-6-2)24-13-18-22-11-15(4)27-18;/h7-11,14H,5-6,12-13H2,1-4H3,(H,25,26)(H2,21,23,24);1H. The van der Waals surface area contributed by atoms with Crippen LogP contribution in [0.15, 0.2) is 35.5 Å². The highest BCUT2D eigenvalue weighted by atomic mass is 127. The van der Waals surface area contributed by atoms with Gasteiger partial charge in [-0.2, -0.15) is 0 Å². The lowest BCUT2D eigenvalue weighted by molar-refractivity contribution is 0.0939. The van der Waals surface area contributed by atoms with E-state index in [-0.39, 0.29) is 35.9 Å². The monoisotopic (exact) mass is 515 g/mol. The number of aromatic nitrogens is 1. The number of nitrogens with zero attached hydrogens (tertiary/aromatic N) is 2. The SMILES string of the molecule is CCNC(=NCc1cccc(C(=O)NC(C)CC)c1)NCc1ncc(C)s1.I. The van der Waals surface area contributed by atoms with Gasteiger partial charge in [0, 0.05) is 29.2 Å². The first-order valence-electron chi connectivity index (χ1n) is 9.35. The minimum Gasteiger partial charge on any atom is -0.357 e. The molecule has 28 heavy (non-hydrogen) atoms. The lowest BCUT2D eigenvalue weighted by Crippen LogP contribution is -2.36. The predicted molar refractivity (Wildman–Crippen MR) is 128 cm³/mol. The third-order valence-corrected chi connectivity index (χ3v) is 4.93. The third kappa shape index (κ3) is 8.14. The number of rotatable bonds is 8. The van der Waals surface area contributed by atoms with E-state index < -0.39 is 0 Å². The molecule has 1 amide bonds. The van der Waals surface area contributed by atoms with Crippen LogP contribution in [-0.2, 0) is 13.1 Å². The van der Waals surface area contributed by atoms with Crippen molar-refractivity contribution in [1.82, 2.24) is 20.9 Å². The summed E-state index contributed by atoms with van der Waals surface area (Å²) in [7, 11) is 0. The van der Waals surface area contributed by atoms with Gasteiger partial charge in [0.1, 0.15) is 5.01 Å². The van der Waals surface area contributed by atoms with Gasteiger partial charge in [-0.1, -0.05) is 19.1 Å². The van der Waals surface area contributed by atoms with E-state index in [2.05, 4.69) is 32.9 Å². The normalized spacial score (nSPS) is 12.1. The molecule has 1 unspecified atom stereocenters. The minimum atomic E-state index is -0.0423. The summed E-state index contributed by atoms with van der Waals surface area (Å²) in [5.74, 6) is 0.694. The summed E-state index contributed by atoms with van der Waals surface area (Å²) in [5.41, 5.74) is 1.66. The maximum absolute atomic E-state index is 12.3. The van der Waals surface area contributed by atoms with E-state index >= 15 is 0 Å². The molecule has 0 fully saturated rings. The fraction of sp³-hybridized carbons (Fsp3) is 0.450. The summed E-state index contributed by atoms with van der Waals surface area (Å²) in [6, 6.07) is 7.78. The van der Waals surface area contributed by atoms with Crippen LogP contribution in [0.3, 0.4) is 0 Å². The van der Waals surface area contributed by atoms with Crippen LogP contribution in [0.2, 0.25) is 0 Å². The van der Waals surface area contributed by atoms with E-state index in [9.17, 15) is 4.79 Å². The molecule has 1 heterocycles. The predicted octanol–water partition coefficient (Wildman–Crippen LogP) is 3.85. The Morgan fingerprint density at radius 1 is 1.29 bits per heavy atom. The smallest absolute Gasteiger partial charge is 0.251 e. The molecule has 1 aromatic carbocycles. The molecule has 2 aromatic rings. The molecule has 0 saturated carbocycles. The number of carbonyl (C=O) groups is 1. The Morgan fingerprint density at radius 3 is 2.71 bits per heavy atom.